The van der Waals surface area contributed by atoms with E-state index in [1.807, 2.05) is 12.2 Å². The monoisotopic (exact) mass is 201 g/mol. The van der Waals surface area contributed by atoms with Crippen molar-refractivity contribution in [1.82, 2.24) is 0 Å². The Morgan fingerprint density at radius 1 is 1.27 bits per heavy atom. The Hall–Kier alpha value is -1.12. The number of aryl methyl sites for hydroxylation is 2. The first-order valence-corrected chi connectivity index (χ1v) is 5.51. The maximum Gasteiger partial charge on any atom is 0.121 e. The lowest BCUT2D eigenvalue weighted by atomic mass is 9.93. The van der Waals surface area contributed by atoms with Crippen LogP contribution in [-0.4, -0.2) is 11.7 Å². The van der Waals surface area contributed by atoms with Gasteiger partial charge in [-0.3, -0.25) is 0 Å². The first-order valence-electron chi connectivity index (χ1n) is 5.51. The van der Waals surface area contributed by atoms with Gasteiger partial charge in [0.25, 0.3) is 0 Å². The van der Waals surface area contributed by atoms with Gasteiger partial charge in [0, 0.05) is 6.54 Å². The average molecular weight is 201 g/mol. The number of hydrogen-bond donors (Lipinski definition) is 2. The lowest BCUT2D eigenvalue weighted by Gasteiger charge is -2.21. The molecule has 1 aromatic rings. The summed E-state index contributed by atoms with van der Waals surface area (Å²) in [6.45, 7) is 0.259. The Morgan fingerprint density at radius 3 is 2.73 bits per heavy atom. The molecule has 0 spiro atoms. The minimum atomic E-state index is -0.924. The standard InChI is InChI=1S/C13H15NO/c14-8-13(15)5-4-11-6-9-2-1-3-10(9)7-12(11)13/h4-7,15H,1-3,8,14H2. The van der Waals surface area contributed by atoms with Crippen molar-refractivity contribution in [3.05, 3.63) is 40.5 Å². The minimum Gasteiger partial charge on any atom is -0.380 e. The molecule has 0 radical (unpaired) electrons. The summed E-state index contributed by atoms with van der Waals surface area (Å²) in [5.74, 6) is 0. The smallest absolute Gasteiger partial charge is 0.121 e. The second-order valence-corrected chi connectivity index (χ2v) is 4.52. The van der Waals surface area contributed by atoms with Crippen LogP contribution in [0.3, 0.4) is 0 Å². The van der Waals surface area contributed by atoms with E-state index in [-0.39, 0.29) is 6.54 Å². The molecule has 0 bridgehead atoms. The normalized spacial score (nSPS) is 26.8. The van der Waals surface area contributed by atoms with Crippen molar-refractivity contribution in [3.8, 4) is 0 Å². The van der Waals surface area contributed by atoms with Crippen molar-refractivity contribution in [2.75, 3.05) is 6.54 Å². The van der Waals surface area contributed by atoms with E-state index in [0.717, 1.165) is 17.5 Å². The van der Waals surface area contributed by atoms with Crippen LogP contribution in [0.25, 0.3) is 6.08 Å². The average Bonchev–Trinajstić information content (AvgIpc) is 2.82. The van der Waals surface area contributed by atoms with Gasteiger partial charge in [-0.05, 0) is 47.6 Å². The van der Waals surface area contributed by atoms with Crippen molar-refractivity contribution in [1.29, 1.82) is 0 Å². The number of benzene rings is 1. The van der Waals surface area contributed by atoms with Crippen LogP contribution in [0.15, 0.2) is 18.2 Å². The molecule has 0 amide bonds. The van der Waals surface area contributed by atoms with E-state index in [2.05, 4.69) is 12.1 Å². The van der Waals surface area contributed by atoms with Crippen LogP contribution < -0.4 is 5.73 Å². The second-order valence-electron chi connectivity index (χ2n) is 4.52. The van der Waals surface area contributed by atoms with Crippen molar-refractivity contribution in [3.63, 3.8) is 0 Å². The van der Waals surface area contributed by atoms with E-state index < -0.39 is 5.60 Å². The molecule has 0 aliphatic heterocycles. The topological polar surface area (TPSA) is 46.2 Å². The molecule has 1 atom stereocenters. The molecule has 0 heterocycles. The molecule has 1 aromatic carbocycles. The van der Waals surface area contributed by atoms with E-state index >= 15 is 0 Å². The Labute approximate surface area is 89.4 Å². The second kappa shape index (κ2) is 2.94. The van der Waals surface area contributed by atoms with Crippen molar-refractivity contribution in [2.45, 2.75) is 24.9 Å². The fraction of sp³-hybridized carbons (Fsp3) is 0.385. The quantitative estimate of drug-likeness (QED) is 0.720. The molecule has 3 N–H and O–H groups in total. The molecule has 0 fully saturated rings. The van der Waals surface area contributed by atoms with Crippen molar-refractivity contribution < 1.29 is 5.11 Å². The summed E-state index contributed by atoms with van der Waals surface area (Å²) in [7, 11) is 0. The largest absolute Gasteiger partial charge is 0.380 e. The van der Waals surface area contributed by atoms with Crippen LogP contribution in [0, 0.1) is 0 Å². The predicted octanol–water partition coefficient (Wildman–Crippen LogP) is 1.35. The summed E-state index contributed by atoms with van der Waals surface area (Å²) >= 11 is 0. The van der Waals surface area contributed by atoms with Gasteiger partial charge < -0.3 is 10.8 Å². The van der Waals surface area contributed by atoms with E-state index in [1.54, 1.807) is 0 Å². The molecule has 2 nitrogen and oxygen atoms in total. The zero-order valence-electron chi connectivity index (χ0n) is 8.66. The zero-order chi connectivity index (χ0) is 10.5. The SMILES string of the molecule is NCC1(O)C=Cc2cc3c(cc21)CCC3. The fourth-order valence-electron chi connectivity index (χ4n) is 2.65. The third-order valence-electron chi connectivity index (χ3n) is 3.58. The van der Waals surface area contributed by atoms with Crippen LogP contribution in [0.4, 0.5) is 0 Å². The van der Waals surface area contributed by atoms with Crippen LogP contribution in [-0.2, 0) is 18.4 Å². The van der Waals surface area contributed by atoms with Gasteiger partial charge in [-0.25, -0.2) is 0 Å². The Kier molecular flexibility index (Phi) is 1.79. The molecule has 0 saturated carbocycles. The van der Waals surface area contributed by atoms with Gasteiger partial charge in [-0.2, -0.15) is 0 Å². The first kappa shape index (κ1) is 9.13. The van der Waals surface area contributed by atoms with Gasteiger partial charge in [0.1, 0.15) is 5.60 Å². The number of hydrogen-bond acceptors (Lipinski definition) is 2. The summed E-state index contributed by atoms with van der Waals surface area (Å²) in [5.41, 5.74) is 9.67. The number of nitrogens with two attached hydrogens (primary N) is 1. The maximum absolute atomic E-state index is 10.3. The Bertz CT molecular complexity index is 450. The van der Waals surface area contributed by atoms with Crippen molar-refractivity contribution in [2.24, 2.45) is 5.73 Å². The molecule has 0 saturated heterocycles. The van der Waals surface area contributed by atoms with Crippen LogP contribution in [0.5, 0.6) is 0 Å². The summed E-state index contributed by atoms with van der Waals surface area (Å²) < 4.78 is 0. The van der Waals surface area contributed by atoms with Crippen molar-refractivity contribution >= 4 is 6.08 Å². The van der Waals surface area contributed by atoms with Gasteiger partial charge in [0.2, 0.25) is 0 Å². The fourth-order valence-corrected chi connectivity index (χ4v) is 2.65. The lowest BCUT2D eigenvalue weighted by molar-refractivity contribution is 0.102. The maximum atomic E-state index is 10.3. The highest BCUT2D eigenvalue weighted by atomic mass is 16.3. The molecule has 3 rings (SSSR count). The van der Waals surface area contributed by atoms with Gasteiger partial charge >= 0.3 is 0 Å². The molecule has 78 valence electrons. The Morgan fingerprint density at radius 2 is 2.00 bits per heavy atom. The molecule has 2 aliphatic carbocycles. The number of rotatable bonds is 1. The molecule has 2 aliphatic rings. The highest BCUT2D eigenvalue weighted by molar-refractivity contribution is 5.66. The summed E-state index contributed by atoms with van der Waals surface area (Å²) in [5, 5.41) is 10.3. The van der Waals surface area contributed by atoms with Crippen LogP contribution >= 0.6 is 0 Å². The molecule has 1 unspecified atom stereocenters. The van der Waals surface area contributed by atoms with Crippen LogP contribution in [0.2, 0.25) is 0 Å². The molecule has 0 aromatic heterocycles. The highest BCUT2D eigenvalue weighted by Crippen LogP contribution is 2.37. The van der Waals surface area contributed by atoms with Gasteiger partial charge in [0.05, 0.1) is 0 Å². The summed E-state index contributed by atoms with van der Waals surface area (Å²) in [6, 6.07) is 4.35. The van der Waals surface area contributed by atoms with E-state index in [9.17, 15) is 5.11 Å². The number of fused-ring (bicyclic) bond motifs is 2. The van der Waals surface area contributed by atoms with E-state index in [1.165, 1.54) is 24.0 Å². The van der Waals surface area contributed by atoms with E-state index in [4.69, 9.17) is 5.73 Å². The Balaban J connectivity index is 2.17. The summed E-state index contributed by atoms with van der Waals surface area (Å²) in [4.78, 5) is 0. The minimum absolute atomic E-state index is 0.259. The first-order chi connectivity index (χ1) is 7.23. The highest BCUT2D eigenvalue weighted by Gasteiger charge is 2.32. The molecule has 15 heavy (non-hydrogen) atoms. The number of aliphatic hydroxyl groups is 1. The van der Waals surface area contributed by atoms with Gasteiger partial charge in [-0.15, -0.1) is 0 Å². The zero-order valence-corrected chi connectivity index (χ0v) is 8.66. The molecular formula is C13H15NO. The third kappa shape index (κ3) is 1.18. The third-order valence-corrected chi connectivity index (χ3v) is 3.58. The molecular weight excluding hydrogens is 186 g/mol. The lowest BCUT2D eigenvalue weighted by Crippen LogP contribution is -2.31. The predicted molar refractivity (Wildman–Crippen MR) is 60.5 cm³/mol. The molecule has 2 heteroatoms. The van der Waals surface area contributed by atoms with E-state index in [0.29, 0.717) is 0 Å². The van der Waals surface area contributed by atoms with Gasteiger partial charge in [-0.1, -0.05) is 18.2 Å². The van der Waals surface area contributed by atoms with Crippen LogP contribution in [0.1, 0.15) is 28.7 Å². The van der Waals surface area contributed by atoms with Gasteiger partial charge in [0.15, 0.2) is 0 Å². The summed E-state index contributed by atoms with van der Waals surface area (Å²) in [6.07, 6.45) is 7.36.